The molecule has 0 aliphatic rings. The van der Waals surface area contributed by atoms with E-state index < -0.39 is 28.0 Å². The number of nitro groups is 1. The minimum absolute atomic E-state index is 0.120. The molecule has 2 N–H and O–H groups in total. The quantitative estimate of drug-likeness (QED) is 0.478. The summed E-state index contributed by atoms with van der Waals surface area (Å²) in [6.45, 7) is 5.16. The molecule has 1 unspecified atom stereocenters. The van der Waals surface area contributed by atoms with Gasteiger partial charge in [-0.1, -0.05) is 6.08 Å². The van der Waals surface area contributed by atoms with Crippen molar-refractivity contribution in [3.05, 3.63) is 46.3 Å². The number of hydrogen-bond donors (Lipinski definition) is 2. The monoisotopic (exact) mass is 254 g/mol. The molecule has 0 saturated carbocycles. The van der Waals surface area contributed by atoms with Crippen molar-refractivity contribution in [1.29, 1.82) is 0 Å². The minimum Gasteiger partial charge on any atom is -0.477 e. The smallest absolute Gasteiger partial charge is 0.342 e. The molecule has 0 aliphatic heterocycles. The SMILES string of the molecule is C=CC(C)Nc1cc(C(=O)O)c([N+](=O)[O-])cc1F. The van der Waals surface area contributed by atoms with E-state index in [1.807, 2.05) is 0 Å². The van der Waals surface area contributed by atoms with Crippen molar-refractivity contribution in [2.45, 2.75) is 13.0 Å². The Balaban J connectivity index is 3.31. The van der Waals surface area contributed by atoms with Crippen molar-refractivity contribution in [2.75, 3.05) is 5.32 Å². The number of aromatic carboxylic acids is 1. The molecule has 18 heavy (non-hydrogen) atoms. The summed E-state index contributed by atoms with van der Waals surface area (Å²) in [5.41, 5.74) is -1.47. The molecule has 0 fully saturated rings. The van der Waals surface area contributed by atoms with Gasteiger partial charge < -0.3 is 10.4 Å². The van der Waals surface area contributed by atoms with Crippen molar-refractivity contribution in [3.8, 4) is 0 Å². The Morgan fingerprint density at radius 1 is 1.67 bits per heavy atom. The van der Waals surface area contributed by atoms with Gasteiger partial charge >= 0.3 is 5.97 Å². The maximum absolute atomic E-state index is 13.6. The molecule has 1 aromatic carbocycles. The van der Waals surface area contributed by atoms with Crippen LogP contribution in [0.1, 0.15) is 17.3 Å². The number of halogens is 1. The van der Waals surface area contributed by atoms with E-state index in [1.54, 1.807) is 6.92 Å². The number of carboxylic acids is 1. The molecule has 0 spiro atoms. The van der Waals surface area contributed by atoms with Crippen molar-refractivity contribution >= 4 is 17.3 Å². The molecule has 0 bridgehead atoms. The van der Waals surface area contributed by atoms with Crippen LogP contribution in [0.25, 0.3) is 0 Å². The zero-order chi connectivity index (χ0) is 13.9. The van der Waals surface area contributed by atoms with Crippen LogP contribution in [-0.2, 0) is 0 Å². The first-order valence-electron chi connectivity index (χ1n) is 4.97. The summed E-state index contributed by atoms with van der Waals surface area (Å²) in [5, 5.41) is 22.1. The van der Waals surface area contributed by atoms with E-state index in [1.165, 1.54) is 6.08 Å². The Morgan fingerprint density at radius 3 is 2.72 bits per heavy atom. The third-order valence-electron chi connectivity index (χ3n) is 2.25. The van der Waals surface area contributed by atoms with E-state index in [0.717, 1.165) is 6.07 Å². The lowest BCUT2D eigenvalue weighted by atomic mass is 10.1. The van der Waals surface area contributed by atoms with E-state index in [9.17, 15) is 19.3 Å². The number of hydrogen-bond acceptors (Lipinski definition) is 4. The lowest BCUT2D eigenvalue weighted by Crippen LogP contribution is -2.14. The average molecular weight is 254 g/mol. The molecule has 1 aromatic rings. The zero-order valence-corrected chi connectivity index (χ0v) is 9.51. The fourth-order valence-corrected chi connectivity index (χ4v) is 1.30. The van der Waals surface area contributed by atoms with Crippen molar-refractivity contribution < 1.29 is 19.2 Å². The number of nitro benzene ring substituents is 1. The van der Waals surface area contributed by atoms with Gasteiger partial charge in [0.1, 0.15) is 5.56 Å². The molecule has 1 rings (SSSR count). The fraction of sp³-hybridized carbons (Fsp3) is 0.182. The molecule has 0 aromatic heterocycles. The van der Waals surface area contributed by atoms with Gasteiger partial charge in [-0.3, -0.25) is 10.1 Å². The van der Waals surface area contributed by atoms with Crippen LogP contribution in [0.3, 0.4) is 0 Å². The van der Waals surface area contributed by atoms with Gasteiger partial charge in [0.25, 0.3) is 5.69 Å². The van der Waals surface area contributed by atoms with E-state index in [2.05, 4.69) is 11.9 Å². The topological polar surface area (TPSA) is 92.5 Å². The molecule has 0 amide bonds. The first-order chi connectivity index (χ1) is 8.36. The van der Waals surface area contributed by atoms with Gasteiger partial charge in [0, 0.05) is 6.04 Å². The molecular formula is C11H11FN2O4. The van der Waals surface area contributed by atoms with Gasteiger partial charge in [-0.25, -0.2) is 9.18 Å². The Bertz CT molecular complexity index is 516. The molecule has 1 atom stereocenters. The van der Waals surface area contributed by atoms with E-state index in [4.69, 9.17) is 5.11 Å². The lowest BCUT2D eigenvalue weighted by molar-refractivity contribution is -0.385. The average Bonchev–Trinajstić information content (AvgIpc) is 2.30. The van der Waals surface area contributed by atoms with Crippen LogP contribution in [-0.4, -0.2) is 22.0 Å². The Hall–Kier alpha value is -2.44. The number of nitrogens with one attached hydrogen (secondary N) is 1. The van der Waals surface area contributed by atoms with Gasteiger partial charge in [-0.2, -0.15) is 0 Å². The highest BCUT2D eigenvalue weighted by Crippen LogP contribution is 2.26. The predicted octanol–water partition coefficient (Wildman–Crippen LogP) is 2.42. The van der Waals surface area contributed by atoms with Crippen LogP contribution in [0.4, 0.5) is 15.8 Å². The second-order valence-electron chi connectivity index (χ2n) is 3.58. The number of carbonyl (C=O) groups is 1. The molecule has 0 radical (unpaired) electrons. The van der Waals surface area contributed by atoms with E-state index >= 15 is 0 Å². The molecular weight excluding hydrogens is 243 g/mol. The van der Waals surface area contributed by atoms with Crippen LogP contribution < -0.4 is 5.32 Å². The van der Waals surface area contributed by atoms with Gasteiger partial charge in [-0.05, 0) is 13.0 Å². The first-order valence-corrected chi connectivity index (χ1v) is 4.97. The number of benzene rings is 1. The normalized spacial score (nSPS) is 11.7. The van der Waals surface area contributed by atoms with Crippen LogP contribution in [0, 0.1) is 15.9 Å². The van der Waals surface area contributed by atoms with Crippen LogP contribution in [0.2, 0.25) is 0 Å². The maximum atomic E-state index is 13.6. The summed E-state index contributed by atoms with van der Waals surface area (Å²) >= 11 is 0. The van der Waals surface area contributed by atoms with Gasteiger partial charge in [-0.15, -0.1) is 6.58 Å². The molecule has 0 saturated heterocycles. The third kappa shape index (κ3) is 2.82. The largest absolute Gasteiger partial charge is 0.477 e. The number of rotatable bonds is 5. The fourth-order valence-electron chi connectivity index (χ4n) is 1.30. The second-order valence-corrected chi connectivity index (χ2v) is 3.58. The maximum Gasteiger partial charge on any atom is 0.342 e. The summed E-state index contributed by atoms with van der Waals surface area (Å²) in [5.74, 6) is -2.38. The van der Waals surface area contributed by atoms with Gasteiger partial charge in [0.05, 0.1) is 16.7 Å². The highest BCUT2D eigenvalue weighted by atomic mass is 19.1. The molecule has 7 heteroatoms. The van der Waals surface area contributed by atoms with E-state index in [-0.39, 0.29) is 11.7 Å². The van der Waals surface area contributed by atoms with Crippen molar-refractivity contribution in [3.63, 3.8) is 0 Å². The zero-order valence-electron chi connectivity index (χ0n) is 9.51. The second kappa shape index (κ2) is 5.26. The summed E-state index contributed by atoms with van der Waals surface area (Å²) in [6.07, 6.45) is 1.49. The minimum atomic E-state index is -1.49. The number of carboxylic acid groups (broad SMARTS) is 1. The van der Waals surface area contributed by atoms with Crippen LogP contribution >= 0.6 is 0 Å². The van der Waals surface area contributed by atoms with E-state index in [0.29, 0.717) is 6.07 Å². The predicted molar refractivity (Wildman–Crippen MR) is 63.3 cm³/mol. The highest BCUT2D eigenvalue weighted by Gasteiger charge is 2.23. The van der Waals surface area contributed by atoms with Crippen LogP contribution in [0.15, 0.2) is 24.8 Å². The molecule has 6 nitrogen and oxygen atoms in total. The van der Waals surface area contributed by atoms with Crippen molar-refractivity contribution in [2.24, 2.45) is 0 Å². The summed E-state index contributed by atoms with van der Waals surface area (Å²) in [7, 11) is 0. The van der Waals surface area contributed by atoms with Crippen molar-refractivity contribution in [1.82, 2.24) is 0 Å². The summed E-state index contributed by atoms with van der Waals surface area (Å²) in [4.78, 5) is 20.5. The summed E-state index contributed by atoms with van der Waals surface area (Å²) < 4.78 is 13.6. The highest BCUT2D eigenvalue weighted by molar-refractivity contribution is 5.93. The standard InChI is InChI=1S/C11H11FN2O4/c1-3-6(2)13-9-4-7(11(15)16)10(14(17)18)5-8(9)12/h3-6,13H,1H2,2H3,(H,15,16). The van der Waals surface area contributed by atoms with Crippen LogP contribution in [0.5, 0.6) is 0 Å². The third-order valence-corrected chi connectivity index (χ3v) is 2.25. The summed E-state index contributed by atoms with van der Waals surface area (Å²) in [6, 6.07) is 1.18. The molecule has 96 valence electrons. The van der Waals surface area contributed by atoms with Gasteiger partial charge in [0.15, 0.2) is 5.82 Å². The Kier molecular flexibility index (Phi) is 3.98. The Morgan fingerprint density at radius 2 is 2.28 bits per heavy atom. The number of anilines is 1. The Labute approximate surface area is 102 Å². The molecule has 0 heterocycles. The number of nitrogens with zero attached hydrogens (tertiary/aromatic N) is 1. The lowest BCUT2D eigenvalue weighted by Gasteiger charge is -2.12. The van der Waals surface area contributed by atoms with Gasteiger partial charge in [0.2, 0.25) is 0 Å². The molecule has 0 aliphatic carbocycles. The first kappa shape index (κ1) is 13.6.